The molecular weight excluding hydrogens is 377 g/mol. The Balaban J connectivity index is 2.31. The summed E-state index contributed by atoms with van der Waals surface area (Å²) in [7, 11) is 3.97. The number of likely N-dealkylation sites (N-methyl/N-ethyl adjacent to an activating group) is 1. The lowest BCUT2D eigenvalue weighted by atomic mass is 10.1. The number of benzene rings is 1. The second-order valence-electron chi connectivity index (χ2n) is 4.98. The van der Waals surface area contributed by atoms with Gasteiger partial charge in [0.2, 0.25) is 0 Å². The van der Waals surface area contributed by atoms with Crippen molar-refractivity contribution in [3.63, 3.8) is 0 Å². The fourth-order valence-corrected chi connectivity index (χ4v) is 2.72. The summed E-state index contributed by atoms with van der Waals surface area (Å²) in [5.74, 6) is 0. The second-order valence-corrected chi connectivity index (χ2v) is 6.65. The lowest BCUT2D eigenvalue weighted by Gasteiger charge is -2.16. The molecule has 0 spiro atoms. The highest BCUT2D eigenvalue weighted by atomic mass is 79.9. The van der Waals surface area contributed by atoms with Gasteiger partial charge in [0, 0.05) is 11.0 Å². The van der Waals surface area contributed by atoms with Gasteiger partial charge in [0.1, 0.15) is 6.10 Å². The van der Waals surface area contributed by atoms with Crippen molar-refractivity contribution >= 4 is 39.1 Å². The van der Waals surface area contributed by atoms with Crippen LogP contribution in [0.15, 0.2) is 28.9 Å². The van der Waals surface area contributed by atoms with Crippen LogP contribution in [-0.4, -0.2) is 40.4 Å². The van der Waals surface area contributed by atoms with E-state index in [2.05, 4.69) is 21.0 Å². The van der Waals surface area contributed by atoms with Crippen molar-refractivity contribution in [1.29, 1.82) is 0 Å². The molecule has 0 saturated carbocycles. The van der Waals surface area contributed by atoms with Gasteiger partial charge in [-0.25, -0.2) is 0 Å². The quantitative estimate of drug-likeness (QED) is 0.845. The van der Waals surface area contributed by atoms with Crippen molar-refractivity contribution in [3.8, 4) is 0 Å². The summed E-state index contributed by atoms with van der Waals surface area (Å²) in [6, 6.07) is 5.29. The number of nitrogens with zero attached hydrogens (tertiary/aromatic N) is 3. The van der Waals surface area contributed by atoms with Crippen LogP contribution in [0.3, 0.4) is 0 Å². The molecule has 0 aliphatic rings. The highest BCUT2D eigenvalue weighted by molar-refractivity contribution is 9.10. The largest absolute Gasteiger partial charge is 0.382 e. The molecule has 0 aliphatic heterocycles. The number of rotatable bonds is 5. The summed E-state index contributed by atoms with van der Waals surface area (Å²) < 4.78 is 2.46. The van der Waals surface area contributed by atoms with Crippen LogP contribution >= 0.6 is 39.1 Å². The number of hydrogen-bond donors (Lipinski definition) is 1. The molecular formula is C14H16BrCl2N3O. The van der Waals surface area contributed by atoms with Crippen LogP contribution in [0.1, 0.15) is 17.4 Å². The van der Waals surface area contributed by atoms with Crippen LogP contribution in [0, 0.1) is 0 Å². The Bertz CT molecular complexity index is 631. The van der Waals surface area contributed by atoms with Gasteiger partial charge < -0.3 is 10.0 Å². The first-order chi connectivity index (χ1) is 9.90. The molecule has 1 heterocycles. The third-order valence-electron chi connectivity index (χ3n) is 3.11. The first kappa shape index (κ1) is 16.8. The number of halogens is 3. The van der Waals surface area contributed by atoms with E-state index in [0.29, 0.717) is 27.8 Å². The molecule has 1 aromatic heterocycles. The van der Waals surface area contributed by atoms with Crippen molar-refractivity contribution < 1.29 is 5.11 Å². The maximum Gasteiger partial charge on any atom is 0.122 e. The average Bonchev–Trinajstić information content (AvgIpc) is 2.80. The van der Waals surface area contributed by atoms with Crippen molar-refractivity contribution in [2.45, 2.75) is 12.6 Å². The first-order valence-electron chi connectivity index (χ1n) is 6.39. The highest BCUT2D eigenvalue weighted by Gasteiger charge is 2.20. The second kappa shape index (κ2) is 7.11. The highest BCUT2D eigenvalue weighted by Crippen LogP contribution is 2.32. The van der Waals surface area contributed by atoms with Crippen molar-refractivity contribution in [1.82, 2.24) is 14.7 Å². The first-order valence-corrected chi connectivity index (χ1v) is 7.94. The van der Waals surface area contributed by atoms with Gasteiger partial charge >= 0.3 is 0 Å². The van der Waals surface area contributed by atoms with Gasteiger partial charge in [0.25, 0.3) is 0 Å². The summed E-state index contributed by atoms with van der Waals surface area (Å²) >= 11 is 15.5. The van der Waals surface area contributed by atoms with Gasteiger partial charge in [-0.3, -0.25) is 4.68 Å². The molecule has 1 atom stereocenters. The van der Waals surface area contributed by atoms with Crippen LogP contribution in [0.2, 0.25) is 10.0 Å². The third kappa shape index (κ3) is 3.99. The zero-order chi connectivity index (χ0) is 15.6. The van der Waals surface area contributed by atoms with E-state index >= 15 is 0 Å². The molecule has 1 N–H and O–H groups in total. The minimum atomic E-state index is -0.851. The molecule has 1 aromatic carbocycles. The van der Waals surface area contributed by atoms with Gasteiger partial charge in [-0.1, -0.05) is 29.3 Å². The smallest absolute Gasteiger partial charge is 0.122 e. The molecule has 0 saturated heterocycles. The molecule has 0 amide bonds. The normalized spacial score (nSPS) is 12.9. The Morgan fingerprint density at radius 2 is 2.05 bits per heavy atom. The molecule has 0 fully saturated rings. The van der Waals surface area contributed by atoms with E-state index in [1.165, 1.54) is 0 Å². The van der Waals surface area contributed by atoms with Crippen molar-refractivity contribution in [2.75, 3.05) is 20.6 Å². The molecule has 114 valence electrons. The van der Waals surface area contributed by atoms with Crippen LogP contribution in [0.5, 0.6) is 0 Å². The number of aromatic nitrogens is 2. The van der Waals surface area contributed by atoms with Crippen molar-refractivity contribution in [3.05, 3.63) is 50.2 Å². The monoisotopic (exact) mass is 391 g/mol. The third-order valence-corrected chi connectivity index (χ3v) is 4.62. The summed E-state index contributed by atoms with van der Waals surface area (Å²) in [6.45, 7) is 1.46. The standard InChI is InChI=1S/C14H16BrCl2N3O/c1-19(2)5-6-20-13(12(17)8-18-20)14(21)9-3-4-11(16)10(15)7-9/h3-4,7-8,14,21H,5-6H2,1-2H3. The van der Waals surface area contributed by atoms with Crippen LogP contribution in [0.25, 0.3) is 0 Å². The topological polar surface area (TPSA) is 41.3 Å². The SMILES string of the molecule is CN(C)CCn1ncc(Cl)c1C(O)c1ccc(Cl)c(Br)c1. The fraction of sp³-hybridized carbons (Fsp3) is 0.357. The minimum Gasteiger partial charge on any atom is -0.382 e. The lowest BCUT2D eigenvalue weighted by molar-refractivity contribution is 0.205. The summed E-state index contributed by atoms with van der Waals surface area (Å²) in [5, 5.41) is 15.9. The molecule has 0 bridgehead atoms. The Kier molecular flexibility index (Phi) is 5.68. The maximum atomic E-state index is 10.6. The predicted molar refractivity (Wildman–Crippen MR) is 89.0 cm³/mol. The molecule has 1 unspecified atom stereocenters. The van der Waals surface area contributed by atoms with Gasteiger partial charge in [-0.05, 0) is 47.7 Å². The number of aliphatic hydroxyl groups excluding tert-OH is 1. The molecule has 0 radical (unpaired) electrons. The van der Waals surface area contributed by atoms with E-state index in [-0.39, 0.29) is 0 Å². The van der Waals surface area contributed by atoms with E-state index in [9.17, 15) is 5.11 Å². The Morgan fingerprint density at radius 3 is 2.67 bits per heavy atom. The van der Waals surface area contributed by atoms with Crippen LogP contribution in [-0.2, 0) is 6.54 Å². The zero-order valence-electron chi connectivity index (χ0n) is 11.7. The van der Waals surface area contributed by atoms with E-state index in [1.54, 1.807) is 29.1 Å². The summed E-state index contributed by atoms with van der Waals surface area (Å²) in [4.78, 5) is 2.05. The molecule has 0 aliphatic carbocycles. The minimum absolute atomic E-state index is 0.451. The molecule has 2 aromatic rings. The Morgan fingerprint density at radius 1 is 1.33 bits per heavy atom. The molecule has 2 rings (SSSR count). The van der Waals surface area contributed by atoms with E-state index < -0.39 is 6.10 Å². The summed E-state index contributed by atoms with van der Waals surface area (Å²) in [5.41, 5.74) is 1.30. The Hall–Kier alpha value is -0.590. The number of hydrogen-bond acceptors (Lipinski definition) is 3. The molecule has 7 heteroatoms. The van der Waals surface area contributed by atoms with Gasteiger partial charge in [-0.2, -0.15) is 5.10 Å². The van der Waals surface area contributed by atoms with E-state index in [0.717, 1.165) is 11.0 Å². The zero-order valence-corrected chi connectivity index (χ0v) is 14.8. The summed E-state index contributed by atoms with van der Waals surface area (Å²) in [6.07, 6.45) is 0.705. The van der Waals surface area contributed by atoms with Gasteiger partial charge in [0.15, 0.2) is 0 Å². The molecule has 4 nitrogen and oxygen atoms in total. The van der Waals surface area contributed by atoms with Crippen molar-refractivity contribution in [2.24, 2.45) is 0 Å². The van der Waals surface area contributed by atoms with Gasteiger partial charge in [0.05, 0.1) is 28.5 Å². The maximum absolute atomic E-state index is 10.6. The Labute approximate surface area is 142 Å². The van der Waals surface area contributed by atoms with Gasteiger partial charge in [-0.15, -0.1) is 0 Å². The average molecular weight is 393 g/mol. The predicted octanol–water partition coefficient (Wildman–Crippen LogP) is 3.60. The van der Waals surface area contributed by atoms with E-state index in [4.69, 9.17) is 23.2 Å². The fourth-order valence-electron chi connectivity index (χ4n) is 1.96. The van der Waals surface area contributed by atoms with Crippen LogP contribution < -0.4 is 0 Å². The molecule has 21 heavy (non-hydrogen) atoms. The number of aliphatic hydroxyl groups is 1. The lowest BCUT2D eigenvalue weighted by Crippen LogP contribution is -2.21. The van der Waals surface area contributed by atoms with E-state index in [1.807, 2.05) is 19.0 Å². The van der Waals surface area contributed by atoms with Crippen LogP contribution in [0.4, 0.5) is 0 Å².